The number of carbonyl (C=O) groups excluding carboxylic acids is 1. The van der Waals surface area contributed by atoms with E-state index in [-0.39, 0.29) is 5.91 Å². The van der Waals surface area contributed by atoms with Gasteiger partial charge in [0.25, 0.3) is 5.91 Å². The van der Waals surface area contributed by atoms with Crippen LogP contribution in [0.5, 0.6) is 0 Å². The molecule has 4 rings (SSSR count). The Hall–Kier alpha value is -2.53. The maximum absolute atomic E-state index is 12.5. The lowest BCUT2D eigenvalue weighted by Crippen LogP contribution is -2.41. The number of carbonyl (C=O) groups is 1. The van der Waals surface area contributed by atoms with Crippen LogP contribution in [-0.4, -0.2) is 69.9 Å². The van der Waals surface area contributed by atoms with Crippen LogP contribution < -0.4 is 10.6 Å². The summed E-state index contributed by atoms with van der Waals surface area (Å²) in [6.45, 7) is 4.72. The van der Waals surface area contributed by atoms with Gasteiger partial charge in [-0.05, 0) is 6.07 Å². The molecule has 9 nitrogen and oxygen atoms in total. The van der Waals surface area contributed by atoms with Crippen LogP contribution in [-0.2, 0) is 11.8 Å². The largest absolute Gasteiger partial charge is 0.379 e. The fraction of sp³-hybridized carbons (Fsp3) is 0.368. The highest BCUT2D eigenvalue weighted by molar-refractivity contribution is 7.12. The third-order valence-electron chi connectivity index (χ3n) is 4.72. The number of aryl methyl sites for hydroxylation is 1. The zero-order valence-electron chi connectivity index (χ0n) is 16.5. The van der Waals surface area contributed by atoms with Crippen molar-refractivity contribution >= 4 is 40.6 Å². The Morgan fingerprint density at radius 3 is 2.97 bits per heavy atom. The summed E-state index contributed by atoms with van der Waals surface area (Å²) in [5.41, 5.74) is 1.35. The lowest BCUT2D eigenvalue weighted by Gasteiger charge is -2.26. The predicted molar refractivity (Wildman–Crippen MR) is 116 cm³/mol. The van der Waals surface area contributed by atoms with E-state index in [1.54, 1.807) is 23.1 Å². The first kappa shape index (κ1) is 20.7. The van der Waals surface area contributed by atoms with E-state index >= 15 is 0 Å². The van der Waals surface area contributed by atoms with Gasteiger partial charge >= 0.3 is 0 Å². The highest BCUT2D eigenvalue weighted by atomic mass is 35.5. The number of ether oxygens (including phenoxy) is 1. The number of anilines is 2. The second-order valence-electron chi connectivity index (χ2n) is 6.76. The number of morpholine rings is 1. The van der Waals surface area contributed by atoms with Crippen LogP contribution in [0.15, 0.2) is 29.9 Å². The minimum absolute atomic E-state index is 0.0991. The first-order chi connectivity index (χ1) is 14.6. The number of hydrogen-bond acceptors (Lipinski definition) is 8. The number of hydrogen-bond donors (Lipinski definition) is 2. The van der Waals surface area contributed by atoms with Gasteiger partial charge in [-0.25, -0.2) is 9.97 Å². The van der Waals surface area contributed by atoms with Gasteiger partial charge in [-0.1, -0.05) is 11.6 Å². The fourth-order valence-corrected chi connectivity index (χ4v) is 4.07. The number of rotatable bonds is 7. The zero-order valence-corrected chi connectivity index (χ0v) is 18.0. The van der Waals surface area contributed by atoms with Crippen LogP contribution in [0.4, 0.5) is 11.8 Å². The smallest absolute Gasteiger partial charge is 0.261 e. The molecule has 158 valence electrons. The van der Waals surface area contributed by atoms with Crippen molar-refractivity contribution in [2.45, 2.75) is 0 Å². The molecule has 0 unspecified atom stereocenters. The highest BCUT2D eigenvalue weighted by Crippen LogP contribution is 2.30. The Morgan fingerprint density at radius 2 is 2.20 bits per heavy atom. The van der Waals surface area contributed by atoms with Gasteiger partial charge in [-0.15, -0.1) is 11.3 Å². The SMILES string of the molecule is Cn1nccc1Nc1ncc(Cl)c(-c2csc(C(=O)NCCN3CCOCC3)c2)n1. The van der Waals surface area contributed by atoms with Crippen LogP contribution in [0.3, 0.4) is 0 Å². The van der Waals surface area contributed by atoms with Crippen molar-refractivity contribution in [2.24, 2.45) is 7.05 Å². The summed E-state index contributed by atoms with van der Waals surface area (Å²) >= 11 is 7.68. The molecular weight excluding hydrogens is 426 g/mol. The zero-order chi connectivity index (χ0) is 20.9. The minimum Gasteiger partial charge on any atom is -0.379 e. The molecule has 2 N–H and O–H groups in total. The topological polar surface area (TPSA) is 97.2 Å². The molecule has 0 atom stereocenters. The lowest BCUT2D eigenvalue weighted by atomic mass is 10.2. The molecule has 11 heteroatoms. The lowest BCUT2D eigenvalue weighted by molar-refractivity contribution is 0.0383. The molecule has 0 aromatic carbocycles. The molecule has 1 aliphatic rings. The molecule has 0 spiro atoms. The fourth-order valence-electron chi connectivity index (χ4n) is 3.06. The van der Waals surface area contributed by atoms with E-state index < -0.39 is 0 Å². The quantitative estimate of drug-likeness (QED) is 0.574. The normalized spacial score (nSPS) is 14.6. The summed E-state index contributed by atoms with van der Waals surface area (Å²) < 4.78 is 7.02. The van der Waals surface area contributed by atoms with Crippen molar-refractivity contribution in [3.05, 3.63) is 39.8 Å². The Labute approximate surface area is 183 Å². The molecule has 0 saturated carbocycles. The highest BCUT2D eigenvalue weighted by Gasteiger charge is 2.15. The average molecular weight is 448 g/mol. The molecule has 4 heterocycles. The third-order valence-corrected chi connectivity index (χ3v) is 5.92. The van der Waals surface area contributed by atoms with Gasteiger partial charge in [0, 0.05) is 50.2 Å². The molecule has 3 aromatic heterocycles. The molecule has 0 bridgehead atoms. The molecule has 1 amide bonds. The molecule has 0 aliphatic carbocycles. The number of halogens is 1. The van der Waals surface area contributed by atoms with Gasteiger partial charge in [0.15, 0.2) is 0 Å². The Bertz CT molecular complexity index is 1020. The molecular formula is C19H22ClN7O2S. The molecule has 1 fully saturated rings. The maximum atomic E-state index is 12.5. The van der Waals surface area contributed by atoms with E-state index in [9.17, 15) is 4.79 Å². The van der Waals surface area contributed by atoms with Crippen LogP contribution in [0, 0.1) is 0 Å². The van der Waals surface area contributed by atoms with Crippen molar-refractivity contribution in [2.75, 3.05) is 44.7 Å². The van der Waals surface area contributed by atoms with E-state index in [0.29, 0.717) is 28.1 Å². The number of amides is 1. The van der Waals surface area contributed by atoms with Crippen molar-refractivity contribution in [3.8, 4) is 11.3 Å². The first-order valence-corrected chi connectivity index (χ1v) is 10.8. The molecule has 3 aromatic rings. The summed E-state index contributed by atoms with van der Waals surface area (Å²) in [4.78, 5) is 24.1. The summed E-state index contributed by atoms with van der Waals surface area (Å²) in [6.07, 6.45) is 3.23. The Kier molecular flexibility index (Phi) is 6.58. The van der Waals surface area contributed by atoms with Gasteiger partial charge in [0.05, 0.1) is 41.2 Å². The summed E-state index contributed by atoms with van der Waals surface area (Å²) in [5, 5.41) is 12.5. The summed E-state index contributed by atoms with van der Waals surface area (Å²) in [6, 6.07) is 3.62. The van der Waals surface area contributed by atoms with E-state index in [0.717, 1.165) is 44.2 Å². The third kappa shape index (κ3) is 4.96. The number of nitrogens with zero attached hydrogens (tertiary/aromatic N) is 5. The molecule has 30 heavy (non-hydrogen) atoms. The van der Waals surface area contributed by atoms with E-state index in [1.165, 1.54) is 11.3 Å². The summed E-state index contributed by atoms with van der Waals surface area (Å²) in [7, 11) is 1.82. The van der Waals surface area contributed by atoms with E-state index in [4.69, 9.17) is 16.3 Å². The van der Waals surface area contributed by atoms with E-state index in [2.05, 4.69) is 30.6 Å². The summed E-state index contributed by atoms with van der Waals surface area (Å²) in [5.74, 6) is 1.06. The van der Waals surface area contributed by atoms with Crippen LogP contribution >= 0.6 is 22.9 Å². The Morgan fingerprint density at radius 1 is 1.37 bits per heavy atom. The number of nitrogens with one attached hydrogen (secondary N) is 2. The van der Waals surface area contributed by atoms with E-state index in [1.807, 2.05) is 18.5 Å². The number of thiophene rings is 1. The molecule has 1 saturated heterocycles. The van der Waals surface area contributed by atoms with Gasteiger partial charge in [0.1, 0.15) is 5.82 Å². The van der Waals surface area contributed by atoms with Gasteiger partial charge in [0.2, 0.25) is 5.95 Å². The standard InChI is InChI=1S/C19H22ClN7O2S/c1-26-16(2-3-23-26)24-19-22-11-14(20)17(25-19)13-10-15(30-12-13)18(28)21-4-5-27-6-8-29-9-7-27/h2-3,10-12H,4-9H2,1H3,(H,21,28)(H,22,24,25). The van der Waals surface area contributed by atoms with Gasteiger partial charge < -0.3 is 15.4 Å². The first-order valence-electron chi connectivity index (χ1n) is 9.55. The monoisotopic (exact) mass is 447 g/mol. The van der Waals surface area contributed by atoms with Gasteiger partial charge in [-0.2, -0.15) is 5.10 Å². The van der Waals surface area contributed by atoms with Crippen LogP contribution in [0.25, 0.3) is 11.3 Å². The van der Waals surface area contributed by atoms with Crippen LogP contribution in [0.1, 0.15) is 9.67 Å². The van der Waals surface area contributed by atoms with Crippen molar-refractivity contribution in [1.29, 1.82) is 0 Å². The maximum Gasteiger partial charge on any atom is 0.261 e. The predicted octanol–water partition coefficient (Wildman–Crippen LogP) is 2.40. The van der Waals surface area contributed by atoms with Gasteiger partial charge in [-0.3, -0.25) is 14.4 Å². The van der Waals surface area contributed by atoms with Crippen molar-refractivity contribution in [1.82, 2.24) is 30.0 Å². The van der Waals surface area contributed by atoms with Crippen LogP contribution in [0.2, 0.25) is 5.02 Å². The molecule has 0 radical (unpaired) electrons. The second kappa shape index (κ2) is 9.52. The van der Waals surface area contributed by atoms with Crippen molar-refractivity contribution in [3.63, 3.8) is 0 Å². The Balaban J connectivity index is 1.40. The average Bonchev–Trinajstić information content (AvgIpc) is 3.40. The number of aromatic nitrogens is 4. The minimum atomic E-state index is -0.0991. The van der Waals surface area contributed by atoms with Crippen molar-refractivity contribution < 1.29 is 9.53 Å². The molecule has 1 aliphatic heterocycles. The second-order valence-corrected chi connectivity index (χ2v) is 8.08.